The van der Waals surface area contributed by atoms with Crippen molar-refractivity contribution < 1.29 is 9.59 Å². The molecule has 1 amide bonds. The summed E-state index contributed by atoms with van der Waals surface area (Å²) in [6.07, 6.45) is 2.51. The summed E-state index contributed by atoms with van der Waals surface area (Å²) in [6, 6.07) is 0. The monoisotopic (exact) mass is 195 g/mol. The van der Waals surface area contributed by atoms with E-state index in [1.54, 1.807) is 11.8 Å². The Morgan fingerprint density at radius 2 is 1.79 bits per heavy atom. The molecule has 0 heterocycles. The first-order valence-electron chi connectivity index (χ1n) is 4.70. The van der Waals surface area contributed by atoms with Crippen LogP contribution in [0.1, 0.15) is 20.8 Å². The van der Waals surface area contributed by atoms with E-state index in [2.05, 4.69) is 6.58 Å². The van der Waals surface area contributed by atoms with Gasteiger partial charge in [-0.05, 0) is 32.9 Å². The van der Waals surface area contributed by atoms with Crippen molar-refractivity contribution in [3.05, 3.63) is 24.3 Å². The number of hydrogen-bond acceptors (Lipinski definition) is 2. The number of likely N-dealkylation sites (N-methyl/N-ethyl adjacent to an activating group) is 1. The van der Waals surface area contributed by atoms with Crippen LogP contribution in [-0.2, 0) is 9.59 Å². The fourth-order valence-electron chi connectivity index (χ4n) is 1.09. The summed E-state index contributed by atoms with van der Waals surface area (Å²) >= 11 is 0. The van der Waals surface area contributed by atoms with Crippen molar-refractivity contribution in [2.24, 2.45) is 0 Å². The maximum atomic E-state index is 11.6. The molecule has 0 rings (SSSR count). The van der Waals surface area contributed by atoms with Crippen LogP contribution in [0.2, 0.25) is 0 Å². The van der Waals surface area contributed by atoms with E-state index in [1.807, 2.05) is 13.8 Å². The van der Waals surface area contributed by atoms with Gasteiger partial charge < -0.3 is 4.90 Å². The summed E-state index contributed by atoms with van der Waals surface area (Å²) in [4.78, 5) is 24.3. The Bertz CT molecular complexity index is 262. The minimum Gasteiger partial charge on any atom is -0.339 e. The third-order valence-electron chi connectivity index (χ3n) is 1.95. The van der Waals surface area contributed by atoms with Crippen molar-refractivity contribution in [2.45, 2.75) is 20.8 Å². The number of carbonyl (C=O) groups is 2. The molecule has 0 saturated carbocycles. The van der Waals surface area contributed by atoms with Gasteiger partial charge in [0.2, 0.25) is 5.91 Å². The van der Waals surface area contributed by atoms with Crippen LogP contribution in [0, 0.1) is 0 Å². The highest BCUT2D eigenvalue weighted by atomic mass is 16.2. The second-order valence-electron chi connectivity index (χ2n) is 2.91. The summed E-state index contributed by atoms with van der Waals surface area (Å²) in [7, 11) is 0. The standard InChI is InChI=1S/C11H17NO2/c1-5-10(13)8-9(4)11(14)12(6-2)7-3/h5,8H,1,6-7H2,2-4H3. The Morgan fingerprint density at radius 3 is 2.14 bits per heavy atom. The Morgan fingerprint density at radius 1 is 1.29 bits per heavy atom. The van der Waals surface area contributed by atoms with E-state index >= 15 is 0 Å². The molecule has 0 radical (unpaired) electrons. The van der Waals surface area contributed by atoms with Crippen LogP contribution in [0.15, 0.2) is 24.3 Å². The van der Waals surface area contributed by atoms with Gasteiger partial charge in [0.05, 0.1) is 0 Å². The first-order valence-corrected chi connectivity index (χ1v) is 4.70. The van der Waals surface area contributed by atoms with E-state index in [-0.39, 0.29) is 11.7 Å². The SMILES string of the molecule is C=CC(=O)C=C(C)C(=O)N(CC)CC. The van der Waals surface area contributed by atoms with Crippen molar-refractivity contribution in [2.75, 3.05) is 13.1 Å². The molecule has 0 bridgehead atoms. The quantitative estimate of drug-likeness (QED) is 0.624. The summed E-state index contributed by atoms with van der Waals surface area (Å²) in [5.41, 5.74) is 0.457. The number of amides is 1. The Kier molecular flexibility index (Phi) is 5.53. The van der Waals surface area contributed by atoms with Gasteiger partial charge in [0.25, 0.3) is 0 Å². The molecule has 0 N–H and O–H groups in total. The Balaban J connectivity index is 4.59. The highest BCUT2D eigenvalue weighted by Crippen LogP contribution is 2.01. The van der Waals surface area contributed by atoms with Crippen molar-refractivity contribution in [1.29, 1.82) is 0 Å². The zero-order valence-electron chi connectivity index (χ0n) is 9.04. The molecular weight excluding hydrogens is 178 g/mol. The molecule has 0 aromatic heterocycles. The summed E-state index contributed by atoms with van der Waals surface area (Å²) in [5.74, 6) is -0.326. The molecule has 0 aliphatic rings. The van der Waals surface area contributed by atoms with Crippen LogP contribution in [0.5, 0.6) is 0 Å². The van der Waals surface area contributed by atoms with Crippen LogP contribution in [0.3, 0.4) is 0 Å². The van der Waals surface area contributed by atoms with Gasteiger partial charge in [0, 0.05) is 18.7 Å². The lowest BCUT2D eigenvalue weighted by molar-refractivity contribution is -0.127. The van der Waals surface area contributed by atoms with Gasteiger partial charge in [-0.1, -0.05) is 6.58 Å². The van der Waals surface area contributed by atoms with E-state index in [9.17, 15) is 9.59 Å². The van der Waals surface area contributed by atoms with Crippen LogP contribution in [-0.4, -0.2) is 29.7 Å². The maximum absolute atomic E-state index is 11.6. The zero-order chi connectivity index (χ0) is 11.1. The molecule has 3 heteroatoms. The van der Waals surface area contributed by atoms with Gasteiger partial charge in [0.15, 0.2) is 5.78 Å². The molecule has 0 fully saturated rings. The van der Waals surface area contributed by atoms with Crippen molar-refractivity contribution in [3.63, 3.8) is 0 Å². The largest absolute Gasteiger partial charge is 0.339 e. The lowest BCUT2D eigenvalue weighted by Crippen LogP contribution is -2.31. The smallest absolute Gasteiger partial charge is 0.249 e. The van der Waals surface area contributed by atoms with Crippen molar-refractivity contribution in [1.82, 2.24) is 4.90 Å². The van der Waals surface area contributed by atoms with Crippen molar-refractivity contribution in [3.8, 4) is 0 Å². The topological polar surface area (TPSA) is 37.4 Å². The second kappa shape index (κ2) is 6.13. The van der Waals surface area contributed by atoms with Crippen LogP contribution >= 0.6 is 0 Å². The van der Waals surface area contributed by atoms with E-state index < -0.39 is 0 Å². The Labute approximate surface area is 85.1 Å². The zero-order valence-corrected chi connectivity index (χ0v) is 9.04. The lowest BCUT2D eigenvalue weighted by Gasteiger charge is -2.18. The molecule has 0 aliphatic heterocycles. The first kappa shape index (κ1) is 12.6. The first-order chi connectivity index (χ1) is 6.56. The third-order valence-corrected chi connectivity index (χ3v) is 1.95. The van der Waals surface area contributed by atoms with E-state index in [1.165, 1.54) is 12.2 Å². The molecule has 0 aliphatic carbocycles. The number of ketones is 1. The molecule has 0 aromatic carbocycles. The number of nitrogens with zero attached hydrogens (tertiary/aromatic N) is 1. The molecule has 3 nitrogen and oxygen atoms in total. The summed E-state index contributed by atoms with van der Waals surface area (Å²) in [5, 5.41) is 0. The molecule has 0 aromatic rings. The number of allylic oxidation sites excluding steroid dienone is 2. The maximum Gasteiger partial charge on any atom is 0.249 e. The highest BCUT2D eigenvalue weighted by Gasteiger charge is 2.11. The average Bonchev–Trinajstić information content (AvgIpc) is 2.19. The summed E-state index contributed by atoms with van der Waals surface area (Å²) < 4.78 is 0. The molecule has 78 valence electrons. The molecule has 0 spiro atoms. The predicted molar refractivity (Wildman–Crippen MR) is 56.9 cm³/mol. The van der Waals surface area contributed by atoms with Gasteiger partial charge in [-0.25, -0.2) is 0 Å². The predicted octanol–water partition coefficient (Wildman–Crippen LogP) is 1.56. The van der Waals surface area contributed by atoms with Gasteiger partial charge in [0.1, 0.15) is 0 Å². The van der Waals surface area contributed by atoms with Gasteiger partial charge in [-0.2, -0.15) is 0 Å². The van der Waals surface area contributed by atoms with Crippen molar-refractivity contribution >= 4 is 11.7 Å². The molecule has 0 unspecified atom stereocenters. The highest BCUT2D eigenvalue weighted by molar-refractivity contribution is 6.05. The Hall–Kier alpha value is -1.38. The summed E-state index contributed by atoms with van der Waals surface area (Å²) in [6.45, 7) is 10.1. The fraction of sp³-hybridized carbons (Fsp3) is 0.455. The molecule has 0 saturated heterocycles. The molecule has 14 heavy (non-hydrogen) atoms. The normalized spacial score (nSPS) is 10.9. The second-order valence-corrected chi connectivity index (χ2v) is 2.91. The number of rotatable bonds is 5. The molecule has 0 atom stereocenters. The lowest BCUT2D eigenvalue weighted by atomic mass is 10.2. The van der Waals surface area contributed by atoms with E-state index in [0.717, 1.165) is 0 Å². The fourth-order valence-corrected chi connectivity index (χ4v) is 1.09. The number of carbonyl (C=O) groups excluding carboxylic acids is 2. The van der Waals surface area contributed by atoms with Gasteiger partial charge >= 0.3 is 0 Å². The third kappa shape index (κ3) is 3.56. The van der Waals surface area contributed by atoms with Crippen LogP contribution in [0.4, 0.5) is 0 Å². The van der Waals surface area contributed by atoms with Crippen LogP contribution in [0.25, 0.3) is 0 Å². The minimum atomic E-state index is -0.233. The van der Waals surface area contributed by atoms with E-state index in [0.29, 0.717) is 18.7 Å². The van der Waals surface area contributed by atoms with Gasteiger partial charge in [-0.15, -0.1) is 0 Å². The minimum absolute atomic E-state index is 0.0924. The van der Waals surface area contributed by atoms with Crippen LogP contribution < -0.4 is 0 Å². The average molecular weight is 195 g/mol. The number of hydrogen-bond donors (Lipinski definition) is 0. The van der Waals surface area contributed by atoms with E-state index in [4.69, 9.17) is 0 Å². The van der Waals surface area contributed by atoms with Gasteiger partial charge in [-0.3, -0.25) is 9.59 Å². The molecular formula is C11H17NO2.